The number of hydrogen-bond donors (Lipinski definition) is 2. The second kappa shape index (κ2) is 28.7. The van der Waals surface area contributed by atoms with Crippen LogP contribution in [0, 0.1) is 0 Å². The summed E-state index contributed by atoms with van der Waals surface area (Å²) in [5.41, 5.74) is 5.37. The molecule has 0 radical (unpaired) electrons. The highest BCUT2D eigenvalue weighted by Gasteiger charge is 1.96. The molecular formula is C30H61NO. The van der Waals surface area contributed by atoms with E-state index in [9.17, 15) is 5.11 Å². The van der Waals surface area contributed by atoms with Crippen molar-refractivity contribution in [3.05, 3.63) is 12.2 Å². The zero-order valence-corrected chi connectivity index (χ0v) is 22.1. The summed E-state index contributed by atoms with van der Waals surface area (Å²) in [6.45, 7) is 2.63. The first-order valence-electron chi connectivity index (χ1n) is 14.9. The van der Waals surface area contributed by atoms with Crippen molar-refractivity contribution in [3.63, 3.8) is 0 Å². The molecule has 0 amide bonds. The van der Waals surface area contributed by atoms with Crippen molar-refractivity contribution in [1.29, 1.82) is 0 Å². The van der Waals surface area contributed by atoms with Crippen molar-refractivity contribution in [2.24, 2.45) is 5.73 Å². The van der Waals surface area contributed by atoms with Crippen molar-refractivity contribution in [2.45, 2.75) is 174 Å². The molecule has 2 heteroatoms. The highest BCUT2D eigenvalue weighted by Crippen LogP contribution is 2.15. The average molecular weight is 452 g/mol. The third kappa shape index (κ3) is 27.7. The molecule has 0 rings (SSSR count). The fraction of sp³-hybridized carbons (Fsp3) is 0.933. The van der Waals surface area contributed by atoms with Crippen LogP contribution in [0.2, 0.25) is 0 Å². The number of unbranched alkanes of at least 4 members (excludes halogenated alkanes) is 24. The zero-order valence-electron chi connectivity index (χ0n) is 22.1. The zero-order chi connectivity index (χ0) is 23.4. The Morgan fingerprint density at radius 1 is 0.500 bits per heavy atom. The Morgan fingerprint density at radius 2 is 0.781 bits per heavy atom. The van der Waals surface area contributed by atoms with Gasteiger partial charge in [-0.15, -0.1) is 0 Å². The summed E-state index contributed by atoms with van der Waals surface area (Å²) in [5.74, 6) is 0. The van der Waals surface area contributed by atoms with Gasteiger partial charge in [0.1, 0.15) is 0 Å². The molecule has 32 heavy (non-hydrogen) atoms. The quantitative estimate of drug-likeness (QED) is 0.0964. The molecule has 0 aliphatic carbocycles. The van der Waals surface area contributed by atoms with Gasteiger partial charge in [-0.1, -0.05) is 167 Å². The average Bonchev–Trinajstić information content (AvgIpc) is 2.81. The molecule has 0 heterocycles. The third-order valence-corrected chi connectivity index (χ3v) is 6.82. The molecule has 0 saturated carbocycles. The third-order valence-electron chi connectivity index (χ3n) is 6.82. The first-order valence-corrected chi connectivity index (χ1v) is 14.9. The molecule has 0 aromatic heterocycles. The molecule has 1 unspecified atom stereocenters. The molecule has 0 bridgehead atoms. The van der Waals surface area contributed by atoms with Crippen LogP contribution in [0.25, 0.3) is 0 Å². The fourth-order valence-corrected chi connectivity index (χ4v) is 4.56. The summed E-state index contributed by atoms with van der Waals surface area (Å²) >= 11 is 0. The van der Waals surface area contributed by atoms with Crippen molar-refractivity contribution in [1.82, 2.24) is 0 Å². The van der Waals surface area contributed by atoms with E-state index >= 15 is 0 Å². The Labute approximate surface area is 203 Å². The van der Waals surface area contributed by atoms with E-state index in [1.54, 1.807) is 0 Å². The Balaban J connectivity index is 3.04. The molecule has 3 N–H and O–H groups in total. The number of rotatable bonds is 27. The first kappa shape index (κ1) is 31.7. The smallest absolute Gasteiger partial charge is 0.0843 e. The van der Waals surface area contributed by atoms with Gasteiger partial charge in [0.2, 0.25) is 0 Å². The van der Waals surface area contributed by atoms with Gasteiger partial charge in [-0.2, -0.15) is 0 Å². The molecule has 0 aromatic carbocycles. The van der Waals surface area contributed by atoms with Crippen molar-refractivity contribution < 1.29 is 5.11 Å². The van der Waals surface area contributed by atoms with E-state index < -0.39 is 6.10 Å². The maximum absolute atomic E-state index is 9.33. The van der Waals surface area contributed by atoms with Crippen LogP contribution in [-0.4, -0.2) is 17.8 Å². The Bertz CT molecular complexity index is 355. The van der Waals surface area contributed by atoms with Crippen LogP contribution in [-0.2, 0) is 0 Å². The summed E-state index contributed by atoms with van der Waals surface area (Å²) in [4.78, 5) is 0. The van der Waals surface area contributed by atoms with Crippen LogP contribution >= 0.6 is 0 Å². The molecular weight excluding hydrogens is 390 g/mol. The molecule has 0 fully saturated rings. The second-order valence-electron chi connectivity index (χ2n) is 10.2. The van der Waals surface area contributed by atoms with Crippen LogP contribution in [0.3, 0.4) is 0 Å². The SMILES string of the molecule is CCCCCCCCCCCCCCCCCCCCCCCCCCC=CC(O)CN. The lowest BCUT2D eigenvalue weighted by Gasteiger charge is -2.04. The summed E-state index contributed by atoms with van der Waals surface area (Å²) in [6, 6.07) is 0. The summed E-state index contributed by atoms with van der Waals surface area (Å²) in [7, 11) is 0. The molecule has 0 spiro atoms. The van der Waals surface area contributed by atoms with E-state index in [0.29, 0.717) is 6.54 Å². The first-order chi connectivity index (χ1) is 15.8. The summed E-state index contributed by atoms with van der Waals surface area (Å²) < 4.78 is 0. The highest BCUT2D eigenvalue weighted by molar-refractivity contribution is 4.88. The second-order valence-corrected chi connectivity index (χ2v) is 10.2. The lowest BCUT2D eigenvalue weighted by atomic mass is 10.0. The predicted octanol–water partition coefficient (Wildman–Crippen LogP) is 9.63. The highest BCUT2D eigenvalue weighted by atomic mass is 16.3. The number of allylic oxidation sites excluding steroid dienone is 1. The topological polar surface area (TPSA) is 46.2 Å². The lowest BCUT2D eigenvalue weighted by molar-refractivity contribution is 0.231. The normalized spacial score (nSPS) is 12.7. The molecule has 0 saturated heterocycles. The van der Waals surface area contributed by atoms with Gasteiger partial charge in [-0.05, 0) is 12.8 Å². The standard InChI is InChI=1S/C30H61NO/c1-2-3-4-5-6-7-8-9-10-11-12-13-14-15-16-17-18-19-20-21-22-23-24-25-26-27-28-30(32)29-31/h27-28,30,32H,2-26,29,31H2,1H3. The number of nitrogens with two attached hydrogens (primary N) is 1. The van der Waals surface area contributed by atoms with E-state index in [1.807, 2.05) is 6.08 Å². The largest absolute Gasteiger partial charge is 0.388 e. The Morgan fingerprint density at radius 3 is 1.06 bits per heavy atom. The van der Waals surface area contributed by atoms with Crippen LogP contribution in [0.15, 0.2) is 12.2 Å². The number of aliphatic hydroxyl groups excluding tert-OH is 1. The van der Waals surface area contributed by atoms with E-state index in [4.69, 9.17) is 5.73 Å². The van der Waals surface area contributed by atoms with Crippen LogP contribution in [0.4, 0.5) is 0 Å². The maximum atomic E-state index is 9.33. The number of aliphatic hydroxyl groups is 1. The molecule has 192 valence electrons. The van der Waals surface area contributed by atoms with E-state index in [1.165, 1.54) is 154 Å². The van der Waals surface area contributed by atoms with Gasteiger partial charge in [0.15, 0.2) is 0 Å². The van der Waals surface area contributed by atoms with Gasteiger partial charge in [-0.3, -0.25) is 0 Å². The van der Waals surface area contributed by atoms with Crippen molar-refractivity contribution in [3.8, 4) is 0 Å². The van der Waals surface area contributed by atoms with Crippen LogP contribution in [0.5, 0.6) is 0 Å². The molecule has 0 aromatic rings. The van der Waals surface area contributed by atoms with Gasteiger partial charge in [0.05, 0.1) is 6.10 Å². The van der Waals surface area contributed by atoms with Gasteiger partial charge in [0, 0.05) is 6.54 Å². The van der Waals surface area contributed by atoms with Gasteiger partial charge >= 0.3 is 0 Å². The van der Waals surface area contributed by atoms with Gasteiger partial charge in [-0.25, -0.2) is 0 Å². The van der Waals surface area contributed by atoms with E-state index in [0.717, 1.165) is 6.42 Å². The molecule has 2 nitrogen and oxygen atoms in total. The van der Waals surface area contributed by atoms with E-state index in [-0.39, 0.29) is 0 Å². The minimum atomic E-state index is -0.454. The van der Waals surface area contributed by atoms with Crippen LogP contribution in [0.1, 0.15) is 167 Å². The van der Waals surface area contributed by atoms with Crippen molar-refractivity contribution >= 4 is 0 Å². The van der Waals surface area contributed by atoms with Gasteiger partial charge < -0.3 is 10.8 Å². The summed E-state index contributed by atoms with van der Waals surface area (Å²) in [5, 5.41) is 9.33. The fourth-order valence-electron chi connectivity index (χ4n) is 4.56. The lowest BCUT2D eigenvalue weighted by Crippen LogP contribution is -2.16. The van der Waals surface area contributed by atoms with Crippen molar-refractivity contribution in [2.75, 3.05) is 6.54 Å². The molecule has 0 aliphatic heterocycles. The minimum absolute atomic E-state index is 0.329. The molecule has 1 atom stereocenters. The number of hydrogen-bond acceptors (Lipinski definition) is 2. The van der Waals surface area contributed by atoms with E-state index in [2.05, 4.69) is 13.0 Å². The van der Waals surface area contributed by atoms with Crippen LogP contribution < -0.4 is 5.73 Å². The maximum Gasteiger partial charge on any atom is 0.0843 e. The summed E-state index contributed by atoms with van der Waals surface area (Å²) in [6.07, 6.45) is 39.0. The Hall–Kier alpha value is -0.340. The monoisotopic (exact) mass is 451 g/mol. The minimum Gasteiger partial charge on any atom is -0.388 e. The Kier molecular flexibility index (Phi) is 28.4. The predicted molar refractivity (Wildman–Crippen MR) is 145 cm³/mol. The van der Waals surface area contributed by atoms with Gasteiger partial charge in [0.25, 0.3) is 0 Å². The molecule has 0 aliphatic rings.